The van der Waals surface area contributed by atoms with Crippen LogP contribution in [0.4, 0.5) is 4.79 Å². The molecule has 0 amide bonds. The Labute approximate surface area is 70.5 Å². The molecular weight excluding hydrogens is 166 g/mol. The number of hydrogen-bond donors (Lipinski definition) is 7. The first kappa shape index (κ1) is 31.9. The van der Waals surface area contributed by atoms with E-state index >= 15 is 0 Å². The standard InChI is InChI=1S/C2H4.CH5N3.CH2O3.2H3N/c1-2;2*2-1(3)4;;/h1-2H2;(H5,2,3,4);(H2,2,3,4);2*1H3. The summed E-state index contributed by atoms with van der Waals surface area (Å²) < 4.78 is 0. The van der Waals surface area contributed by atoms with Gasteiger partial charge in [0.1, 0.15) is 0 Å². The monoisotopic (exact) mass is 183 g/mol. The third-order valence-electron chi connectivity index (χ3n) is 0. The summed E-state index contributed by atoms with van der Waals surface area (Å²) >= 11 is 0. The van der Waals surface area contributed by atoms with Gasteiger partial charge in [-0.2, -0.15) is 0 Å². The molecule has 12 heavy (non-hydrogen) atoms. The topological polar surface area (TPSA) is 203 Å². The Balaban J connectivity index is -0.0000000198. The average molecular weight is 183 g/mol. The van der Waals surface area contributed by atoms with Gasteiger partial charge in [-0.1, -0.05) is 0 Å². The zero-order valence-electron chi connectivity index (χ0n) is 6.79. The quantitative estimate of drug-likeness (QED) is 0.157. The molecule has 0 aliphatic carbocycles. The summed E-state index contributed by atoms with van der Waals surface area (Å²) in [5, 5.41) is 20.0. The van der Waals surface area contributed by atoms with Crippen molar-refractivity contribution in [3.63, 3.8) is 0 Å². The number of nitrogens with one attached hydrogen (secondary N) is 1. The van der Waals surface area contributed by atoms with E-state index in [9.17, 15) is 0 Å². The fourth-order valence-electron chi connectivity index (χ4n) is 0. The van der Waals surface area contributed by atoms with Gasteiger partial charge < -0.3 is 34.0 Å². The number of nitrogens with two attached hydrogens (primary N) is 2. The minimum atomic E-state index is -1.83. The van der Waals surface area contributed by atoms with Crippen molar-refractivity contribution in [2.45, 2.75) is 0 Å². The summed E-state index contributed by atoms with van der Waals surface area (Å²) in [4.78, 5) is 8.56. The molecule has 0 aromatic carbocycles. The predicted octanol–water partition coefficient (Wildman–Crippen LogP) is 0.187. The molecule has 0 bridgehead atoms. The fraction of sp³-hybridized carbons (Fsp3) is 0. The van der Waals surface area contributed by atoms with Gasteiger partial charge in [0, 0.05) is 0 Å². The maximum absolute atomic E-state index is 8.56. The molecule has 0 heterocycles. The largest absolute Gasteiger partial charge is 0.503 e. The molecule has 8 nitrogen and oxygen atoms in total. The van der Waals surface area contributed by atoms with Gasteiger partial charge in [0.15, 0.2) is 5.96 Å². The predicted molar refractivity (Wildman–Crippen MR) is 48.1 cm³/mol. The van der Waals surface area contributed by atoms with Gasteiger partial charge in [-0.3, -0.25) is 5.41 Å². The summed E-state index contributed by atoms with van der Waals surface area (Å²) in [6.45, 7) is 6.00. The van der Waals surface area contributed by atoms with E-state index in [1.54, 1.807) is 0 Å². The van der Waals surface area contributed by atoms with E-state index in [0.717, 1.165) is 0 Å². The highest BCUT2D eigenvalue weighted by molar-refractivity contribution is 5.71. The van der Waals surface area contributed by atoms with Crippen molar-refractivity contribution in [1.29, 1.82) is 5.41 Å². The summed E-state index contributed by atoms with van der Waals surface area (Å²) in [7, 11) is 0. The molecule has 0 atom stereocenters. The molecule has 0 saturated carbocycles. The van der Waals surface area contributed by atoms with Crippen LogP contribution in [0.5, 0.6) is 0 Å². The van der Waals surface area contributed by atoms with E-state index in [1.807, 2.05) is 0 Å². The van der Waals surface area contributed by atoms with Crippen LogP contribution in [0.15, 0.2) is 13.2 Å². The van der Waals surface area contributed by atoms with Crippen LogP contribution in [-0.2, 0) is 0 Å². The Morgan fingerprint density at radius 3 is 1.17 bits per heavy atom. The smallest absolute Gasteiger partial charge is 0.450 e. The second-order valence-corrected chi connectivity index (χ2v) is 0.738. The first-order valence-electron chi connectivity index (χ1n) is 1.98. The Morgan fingerprint density at radius 2 is 1.17 bits per heavy atom. The van der Waals surface area contributed by atoms with E-state index in [2.05, 4.69) is 24.6 Å². The van der Waals surface area contributed by atoms with Crippen molar-refractivity contribution in [2.24, 2.45) is 11.5 Å². The summed E-state index contributed by atoms with van der Waals surface area (Å²) in [6, 6.07) is 0. The van der Waals surface area contributed by atoms with Crippen LogP contribution in [0.3, 0.4) is 0 Å². The molecule has 8 heteroatoms. The Hall–Kier alpha value is -1.80. The lowest BCUT2D eigenvalue weighted by molar-refractivity contribution is 0.137. The second kappa shape index (κ2) is 35.1. The second-order valence-electron chi connectivity index (χ2n) is 0.738. The Kier molecular flexibility index (Phi) is 93.3. The molecule has 0 saturated heterocycles. The van der Waals surface area contributed by atoms with E-state index in [0.29, 0.717) is 0 Å². The van der Waals surface area contributed by atoms with Gasteiger partial charge in [0.25, 0.3) is 0 Å². The van der Waals surface area contributed by atoms with Crippen LogP contribution in [0.1, 0.15) is 0 Å². The average Bonchev–Trinajstić information content (AvgIpc) is 1.66. The highest BCUT2D eigenvalue weighted by Crippen LogP contribution is 1.42. The van der Waals surface area contributed by atoms with Crippen molar-refractivity contribution in [3.05, 3.63) is 13.2 Å². The molecule has 0 spiro atoms. The normalized spacial score (nSPS) is 4.33. The van der Waals surface area contributed by atoms with Gasteiger partial charge in [-0.25, -0.2) is 4.79 Å². The van der Waals surface area contributed by atoms with Gasteiger partial charge in [-0.15, -0.1) is 13.2 Å². The highest BCUT2D eigenvalue weighted by atomic mass is 16.6. The molecule has 0 radical (unpaired) electrons. The van der Waals surface area contributed by atoms with E-state index in [1.165, 1.54) is 0 Å². The van der Waals surface area contributed by atoms with Crippen molar-refractivity contribution < 1.29 is 15.0 Å². The molecular formula is C4H17N5O3. The first-order valence-corrected chi connectivity index (χ1v) is 1.98. The van der Waals surface area contributed by atoms with Gasteiger partial charge in [0.05, 0.1) is 0 Å². The third kappa shape index (κ3) is 131. The molecule has 13 N–H and O–H groups in total. The van der Waals surface area contributed by atoms with Crippen LogP contribution in [0, 0.1) is 5.41 Å². The molecule has 0 aromatic heterocycles. The molecule has 0 aromatic rings. The Morgan fingerprint density at radius 1 is 1.17 bits per heavy atom. The number of rotatable bonds is 0. The first-order chi connectivity index (χ1) is 4.46. The number of guanidine groups is 1. The minimum Gasteiger partial charge on any atom is -0.450 e. The van der Waals surface area contributed by atoms with Crippen LogP contribution in [0.25, 0.3) is 0 Å². The molecule has 0 fully saturated rings. The maximum Gasteiger partial charge on any atom is 0.503 e. The van der Waals surface area contributed by atoms with E-state index < -0.39 is 6.16 Å². The van der Waals surface area contributed by atoms with Crippen molar-refractivity contribution >= 4 is 12.1 Å². The lowest BCUT2D eigenvalue weighted by Crippen LogP contribution is -2.20. The zero-order chi connectivity index (χ0) is 9.15. The van der Waals surface area contributed by atoms with Gasteiger partial charge >= 0.3 is 6.16 Å². The number of hydrogen-bond acceptors (Lipinski definition) is 4. The van der Waals surface area contributed by atoms with Crippen LogP contribution in [-0.4, -0.2) is 22.3 Å². The minimum absolute atomic E-state index is 0. The molecule has 0 unspecified atom stereocenters. The SMILES string of the molecule is C=C.N.N.N=C(N)N.O=C(O)O. The molecule has 0 rings (SSSR count). The highest BCUT2D eigenvalue weighted by Gasteiger charge is 1.70. The summed E-state index contributed by atoms with van der Waals surface area (Å²) in [6.07, 6.45) is -1.83. The van der Waals surface area contributed by atoms with Crippen LogP contribution < -0.4 is 23.8 Å². The van der Waals surface area contributed by atoms with Crippen LogP contribution >= 0.6 is 0 Å². The molecule has 0 aliphatic rings. The van der Waals surface area contributed by atoms with Crippen molar-refractivity contribution in [2.75, 3.05) is 0 Å². The number of carbonyl (C=O) groups is 1. The fourth-order valence-corrected chi connectivity index (χ4v) is 0. The summed E-state index contributed by atoms with van der Waals surface area (Å²) in [5.41, 5.74) is 8.94. The lowest BCUT2D eigenvalue weighted by Gasteiger charge is -1.69. The van der Waals surface area contributed by atoms with Gasteiger partial charge in [-0.05, 0) is 0 Å². The van der Waals surface area contributed by atoms with E-state index in [4.69, 9.17) is 20.4 Å². The lowest BCUT2D eigenvalue weighted by atomic mass is 11.1. The zero-order valence-corrected chi connectivity index (χ0v) is 6.79. The van der Waals surface area contributed by atoms with Crippen molar-refractivity contribution in [3.8, 4) is 0 Å². The summed E-state index contributed by atoms with van der Waals surface area (Å²) in [5.74, 6) is -0.333. The van der Waals surface area contributed by atoms with Gasteiger partial charge in [0.2, 0.25) is 0 Å². The maximum atomic E-state index is 8.56. The van der Waals surface area contributed by atoms with Crippen molar-refractivity contribution in [1.82, 2.24) is 12.3 Å². The van der Waals surface area contributed by atoms with E-state index in [-0.39, 0.29) is 18.3 Å². The van der Waals surface area contributed by atoms with Crippen LogP contribution in [0.2, 0.25) is 0 Å². The molecule has 76 valence electrons. The number of carboxylic acid groups (broad SMARTS) is 2. The Bertz CT molecular complexity index is 86.9. The molecule has 0 aliphatic heterocycles. The third-order valence-corrected chi connectivity index (χ3v) is 0.